The Labute approximate surface area is 175 Å². The zero-order valence-electron chi connectivity index (χ0n) is 15.7. The summed E-state index contributed by atoms with van der Waals surface area (Å²) in [6, 6.07) is 24.3. The summed E-state index contributed by atoms with van der Waals surface area (Å²) in [4.78, 5) is 1.84. The van der Waals surface area contributed by atoms with E-state index in [1.807, 2.05) is 66.7 Å². The number of sulfonamides is 1. The Morgan fingerprint density at radius 1 is 0.759 bits per heavy atom. The summed E-state index contributed by atoms with van der Waals surface area (Å²) in [5.74, 6) is 0. The third-order valence-electron chi connectivity index (χ3n) is 4.65. The molecule has 0 saturated heterocycles. The first-order valence-corrected chi connectivity index (χ1v) is 11.3. The van der Waals surface area contributed by atoms with Crippen molar-refractivity contribution in [2.75, 3.05) is 4.31 Å². The zero-order chi connectivity index (χ0) is 20.4. The Bertz CT molecular complexity index is 1210. The van der Waals surface area contributed by atoms with E-state index in [2.05, 4.69) is 13.2 Å². The molecule has 4 rings (SSSR count). The first-order valence-electron chi connectivity index (χ1n) is 9.03. The van der Waals surface area contributed by atoms with E-state index in [1.165, 1.54) is 16.1 Å². The van der Waals surface area contributed by atoms with Crippen LogP contribution in [0.4, 0.5) is 5.69 Å². The Morgan fingerprint density at radius 2 is 1.38 bits per heavy atom. The molecule has 0 amide bonds. The van der Waals surface area contributed by atoms with E-state index in [9.17, 15) is 8.42 Å². The van der Waals surface area contributed by atoms with E-state index < -0.39 is 10.0 Å². The molecule has 0 saturated carbocycles. The van der Waals surface area contributed by atoms with Crippen LogP contribution in [0.15, 0.2) is 125 Å². The maximum Gasteiger partial charge on any atom is 0.268 e. The van der Waals surface area contributed by atoms with Crippen molar-refractivity contribution >= 4 is 27.5 Å². The molecule has 29 heavy (non-hydrogen) atoms. The van der Waals surface area contributed by atoms with Crippen LogP contribution < -0.4 is 4.31 Å². The number of nitrogens with zero attached hydrogens (tertiary/aromatic N) is 1. The van der Waals surface area contributed by atoms with Crippen LogP contribution in [0.1, 0.15) is 0 Å². The van der Waals surface area contributed by atoms with Gasteiger partial charge in [0, 0.05) is 9.80 Å². The summed E-state index contributed by atoms with van der Waals surface area (Å²) in [5, 5.41) is 0. The molecule has 3 nitrogen and oxygen atoms in total. The smallest absolute Gasteiger partial charge is 0.232 e. The van der Waals surface area contributed by atoms with Gasteiger partial charge in [0.15, 0.2) is 0 Å². The molecule has 3 aromatic carbocycles. The first-order chi connectivity index (χ1) is 14.1. The number of benzene rings is 3. The summed E-state index contributed by atoms with van der Waals surface area (Å²) < 4.78 is 28.6. The molecule has 0 N–H and O–H groups in total. The topological polar surface area (TPSA) is 37.4 Å². The predicted octanol–water partition coefficient (Wildman–Crippen LogP) is 6.24. The maximum atomic E-state index is 13.6. The van der Waals surface area contributed by atoms with Gasteiger partial charge in [-0.2, -0.15) is 0 Å². The third kappa shape index (κ3) is 3.43. The Hall–Kier alpha value is -3.02. The van der Waals surface area contributed by atoms with Crippen molar-refractivity contribution in [1.29, 1.82) is 0 Å². The van der Waals surface area contributed by atoms with Crippen molar-refractivity contribution in [2.24, 2.45) is 0 Å². The molecule has 5 heteroatoms. The standard InChI is InChI=1S/C24H19NO2S2/c1-3-21-23(4-2)28-24-13-9-8-12-22(24)25(21)29(26,27)20-16-14-19(15-17-20)18-10-6-5-7-11-18/h3-17H,1-2H2. The lowest BCUT2D eigenvalue weighted by Crippen LogP contribution is -2.32. The van der Waals surface area contributed by atoms with E-state index in [0.29, 0.717) is 11.4 Å². The minimum atomic E-state index is -3.84. The molecular weight excluding hydrogens is 398 g/mol. The molecule has 1 heterocycles. The van der Waals surface area contributed by atoms with Crippen molar-refractivity contribution in [1.82, 2.24) is 0 Å². The van der Waals surface area contributed by atoms with Crippen LogP contribution in [0.3, 0.4) is 0 Å². The molecule has 3 aromatic rings. The zero-order valence-corrected chi connectivity index (χ0v) is 17.3. The second kappa shape index (κ2) is 7.78. The number of para-hydroxylation sites is 1. The normalized spacial score (nSPS) is 13.7. The van der Waals surface area contributed by atoms with E-state index in [-0.39, 0.29) is 4.90 Å². The fourth-order valence-corrected chi connectivity index (χ4v) is 5.92. The minimum Gasteiger partial charge on any atom is -0.232 e. The molecule has 0 bridgehead atoms. The van der Waals surface area contributed by atoms with Gasteiger partial charge < -0.3 is 0 Å². The van der Waals surface area contributed by atoms with Crippen molar-refractivity contribution in [3.8, 4) is 11.1 Å². The van der Waals surface area contributed by atoms with Crippen LogP contribution in [0.25, 0.3) is 11.1 Å². The van der Waals surface area contributed by atoms with Gasteiger partial charge in [-0.05, 0) is 41.5 Å². The number of anilines is 1. The Morgan fingerprint density at radius 3 is 2.03 bits per heavy atom. The fraction of sp³-hybridized carbons (Fsp3) is 0. The molecule has 0 atom stereocenters. The molecule has 0 aromatic heterocycles. The van der Waals surface area contributed by atoms with E-state index in [1.54, 1.807) is 24.3 Å². The molecule has 0 radical (unpaired) electrons. The van der Waals surface area contributed by atoms with Gasteiger partial charge in [-0.15, -0.1) is 0 Å². The highest BCUT2D eigenvalue weighted by Gasteiger charge is 2.33. The van der Waals surface area contributed by atoms with Gasteiger partial charge in [0.2, 0.25) is 0 Å². The van der Waals surface area contributed by atoms with Crippen LogP contribution in [0.5, 0.6) is 0 Å². The number of thioether (sulfide) groups is 1. The Kier molecular flexibility index (Phi) is 5.18. The molecule has 1 aliphatic heterocycles. The molecule has 0 spiro atoms. The predicted molar refractivity (Wildman–Crippen MR) is 121 cm³/mol. The van der Waals surface area contributed by atoms with Gasteiger partial charge in [0.25, 0.3) is 10.0 Å². The number of hydrogen-bond donors (Lipinski definition) is 0. The number of rotatable bonds is 5. The van der Waals surface area contributed by atoms with Crippen molar-refractivity contribution in [3.05, 3.63) is 115 Å². The third-order valence-corrected chi connectivity index (χ3v) is 7.56. The summed E-state index contributed by atoms with van der Waals surface area (Å²) in [7, 11) is -3.84. The summed E-state index contributed by atoms with van der Waals surface area (Å²) in [5.41, 5.74) is 3.13. The molecule has 1 aliphatic rings. The van der Waals surface area contributed by atoms with E-state index in [4.69, 9.17) is 0 Å². The number of hydrogen-bond acceptors (Lipinski definition) is 3. The van der Waals surface area contributed by atoms with Crippen LogP contribution >= 0.6 is 11.8 Å². The molecule has 0 unspecified atom stereocenters. The van der Waals surface area contributed by atoms with Gasteiger partial charge in [-0.25, -0.2) is 12.7 Å². The van der Waals surface area contributed by atoms with Crippen LogP contribution in [-0.4, -0.2) is 8.42 Å². The van der Waals surface area contributed by atoms with Crippen molar-refractivity contribution < 1.29 is 8.42 Å². The highest BCUT2D eigenvalue weighted by atomic mass is 32.2. The summed E-state index contributed by atoms with van der Waals surface area (Å²) >= 11 is 1.49. The average Bonchev–Trinajstić information content (AvgIpc) is 2.78. The Balaban J connectivity index is 1.83. The largest absolute Gasteiger partial charge is 0.268 e. The lowest BCUT2D eigenvalue weighted by molar-refractivity contribution is 0.594. The van der Waals surface area contributed by atoms with Gasteiger partial charge in [0.1, 0.15) is 0 Å². The minimum absolute atomic E-state index is 0.224. The second-order valence-electron chi connectivity index (χ2n) is 6.39. The quantitative estimate of drug-likeness (QED) is 0.493. The maximum absolute atomic E-state index is 13.6. The number of allylic oxidation sites excluding steroid dienone is 2. The van der Waals surface area contributed by atoms with E-state index in [0.717, 1.165) is 20.9 Å². The van der Waals surface area contributed by atoms with Gasteiger partial charge in [-0.3, -0.25) is 0 Å². The molecular formula is C24H19NO2S2. The van der Waals surface area contributed by atoms with Crippen molar-refractivity contribution in [2.45, 2.75) is 9.79 Å². The van der Waals surface area contributed by atoms with Gasteiger partial charge in [-0.1, -0.05) is 85.6 Å². The lowest BCUT2D eigenvalue weighted by atomic mass is 10.1. The molecule has 144 valence electrons. The van der Waals surface area contributed by atoms with Crippen molar-refractivity contribution in [3.63, 3.8) is 0 Å². The van der Waals surface area contributed by atoms with Crippen LogP contribution in [0.2, 0.25) is 0 Å². The SMILES string of the molecule is C=CC1=C(C=C)N(S(=O)(=O)c2ccc(-c3ccccc3)cc2)c2ccccc2S1. The average molecular weight is 418 g/mol. The van der Waals surface area contributed by atoms with Gasteiger partial charge in [0.05, 0.1) is 16.3 Å². The van der Waals surface area contributed by atoms with E-state index >= 15 is 0 Å². The second-order valence-corrected chi connectivity index (χ2v) is 9.26. The fourth-order valence-electron chi connectivity index (χ4n) is 3.26. The molecule has 0 fully saturated rings. The van der Waals surface area contributed by atoms with Gasteiger partial charge >= 0.3 is 0 Å². The highest BCUT2D eigenvalue weighted by Crippen LogP contribution is 2.46. The highest BCUT2D eigenvalue weighted by molar-refractivity contribution is 8.03. The summed E-state index contributed by atoms with van der Waals surface area (Å²) in [6.45, 7) is 7.68. The number of fused-ring (bicyclic) bond motifs is 1. The first kappa shape index (κ1) is 19.3. The monoisotopic (exact) mass is 417 g/mol. The summed E-state index contributed by atoms with van der Waals surface area (Å²) in [6.07, 6.45) is 3.23. The molecule has 0 aliphatic carbocycles. The lowest BCUT2D eigenvalue weighted by Gasteiger charge is -2.32. The van der Waals surface area contributed by atoms with Crippen LogP contribution in [-0.2, 0) is 10.0 Å². The van der Waals surface area contributed by atoms with Crippen LogP contribution in [0, 0.1) is 0 Å².